The Bertz CT molecular complexity index is 2030. The Morgan fingerprint density at radius 1 is 1.16 bits per heavy atom. The van der Waals surface area contributed by atoms with Gasteiger partial charge in [0.25, 0.3) is 5.91 Å². The number of aromatic nitrogens is 3. The van der Waals surface area contributed by atoms with Crippen molar-refractivity contribution in [2.45, 2.75) is 51.0 Å². The molecule has 268 valence electrons. The molecule has 51 heavy (non-hydrogen) atoms. The van der Waals surface area contributed by atoms with Crippen LogP contribution in [0.1, 0.15) is 44.6 Å². The van der Waals surface area contributed by atoms with E-state index in [0.29, 0.717) is 65.8 Å². The maximum absolute atomic E-state index is 17.0. The first-order valence-corrected chi connectivity index (χ1v) is 17.6. The highest BCUT2D eigenvalue weighted by Gasteiger charge is 2.45. The lowest BCUT2D eigenvalue weighted by Crippen LogP contribution is -2.43. The van der Waals surface area contributed by atoms with Crippen molar-refractivity contribution in [1.29, 1.82) is 5.41 Å². The average Bonchev–Trinajstić information content (AvgIpc) is 3.63. The van der Waals surface area contributed by atoms with Crippen LogP contribution in [0.4, 0.5) is 14.6 Å². The predicted molar refractivity (Wildman–Crippen MR) is 190 cm³/mol. The monoisotopic (exact) mass is 700 g/mol. The lowest BCUT2D eigenvalue weighted by Gasteiger charge is -2.31. The number of halogens is 2. The summed E-state index contributed by atoms with van der Waals surface area (Å²) < 4.78 is 38.4. The number of amides is 1. The van der Waals surface area contributed by atoms with Crippen molar-refractivity contribution in [2.24, 2.45) is 0 Å². The minimum Gasteiger partial charge on any atom is -0.508 e. The first-order valence-electron chi connectivity index (χ1n) is 17.6. The minimum absolute atomic E-state index is 0.0154. The van der Waals surface area contributed by atoms with Crippen molar-refractivity contribution in [2.75, 3.05) is 57.4 Å². The van der Waals surface area contributed by atoms with Crippen molar-refractivity contribution in [3.8, 4) is 23.0 Å². The molecule has 2 aromatic carbocycles. The van der Waals surface area contributed by atoms with Crippen LogP contribution in [0.3, 0.4) is 0 Å². The number of rotatable bonds is 10. The number of hydrogen-bond acceptors (Lipinski definition) is 11. The number of carbonyl (C=O) groups excluding carboxylic acids is 1. The SMILES string of the molecule is CCc1c(F)ccc2cc(O)cc(-c3ncc4c(N5CCCN/C(=C\C(=N)C(=O)NCCO)C5)nc(OCC56CCCN5CCC6)nc4c3F)c12. The predicted octanol–water partition coefficient (Wildman–Crippen LogP) is 4.21. The summed E-state index contributed by atoms with van der Waals surface area (Å²) in [7, 11) is 0. The number of aryl methyl sites for hydroxylation is 1. The highest BCUT2D eigenvalue weighted by molar-refractivity contribution is 6.42. The van der Waals surface area contributed by atoms with E-state index in [2.05, 4.69) is 25.5 Å². The number of aromatic hydroxyl groups is 1. The van der Waals surface area contributed by atoms with Crippen LogP contribution in [0.5, 0.6) is 11.8 Å². The first-order chi connectivity index (χ1) is 24.7. The Kier molecular flexibility index (Phi) is 9.71. The zero-order valence-electron chi connectivity index (χ0n) is 28.6. The van der Waals surface area contributed by atoms with E-state index in [1.165, 1.54) is 30.5 Å². The third-order valence-electron chi connectivity index (χ3n) is 10.3. The van der Waals surface area contributed by atoms with Gasteiger partial charge in [0.1, 0.15) is 40.9 Å². The number of ether oxygens (including phenoxy) is 1. The number of fused-ring (bicyclic) bond motifs is 3. The first kappa shape index (κ1) is 34.5. The standard InChI is InChI=1S/C37H42F2N8O4/c1-2-25-28(38)7-6-22-16-24(49)18-26(30(22)25)32-31(39)33-27(19-43-32)34(45-36(44-33)51-21-37-8-3-13-47(37)14-4-9-37)46-12-5-10-41-23(20-46)17-29(40)35(50)42-11-15-48/h6-7,16-19,40-41,48-49H,2-5,8-15,20-21H2,1H3,(H,42,50)/b23-17-,40-29?. The lowest BCUT2D eigenvalue weighted by molar-refractivity contribution is -0.114. The summed E-state index contributed by atoms with van der Waals surface area (Å²) in [5.41, 5.74) is 0.717. The number of phenolic OH excluding ortho intramolecular Hbond substituents is 1. The molecule has 7 rings (SSSR count). The van der Waals surface area contributed by atoms with Crippen molar-refractivity contribution >= 4 is 39.1 Å². The van der Waals surface area contributed by atoms with E-state index in [4.69, 9.17) is 20.2 Å². The van der Waals surface area contributed by atoms with Crippen LogP contribution in [0.2, 0.25) is 0 Å². The van der Waals surface area contributed by atoms with Crippen molar-refractivity contribution in [3.63, 3.8) is 0 Å². The maximum Gasteiger partial charge on any atom is 0.319 e. The molecule has 1 amide bonds. The molecular formula is C37H42F2N8O4. The summed E-state index contributed by atoms with van der Waals surface area (Å²) in [5.74, 6) is -1.53. The van der Waals surface area contributed by atoms with Gasteiger partial charge in [0.2, 0.25) is 0 Å². The van der Waals surface area contributed by atoms with Crippen molar-refractivity contribution in [3.05, 3.63) is 59.4 Å². The molecule has 0 aliphatic carbocycles. The Hall–Kier alpha value is -4.95. The topological polar surface area (TPSA) is 160 Å². The quantitative estimate of drug-likeness (QED) is 0.152. The van der Waals surface area contributed by atoms with Gasteiger partial charge in [-0.05, 0) is 92.2 Å². The van der Waals surface area contributed by atoms with E-state index in [1.54, 1.807) is 6.07 Å². The number of anilines is 1. The molecule has 0 saturated carbocycles. The fourth-order valence-corrected chi connectivity index (χ4v) is 7.85. The number of hydrogen-bond donors (Lipinski definition) is 5. The van der Waals surface area contributed by atoms with Crippen LogP contribution in [0.15, 0.2) is 42.2 Å². The summed E-state index contributed by atoms with van der Waals surface area (Å²) in [6.45, 7) is 5.30. The second-order valence-electron chi connectivity index (χ2n) is 13.5. The highest BCUT2D eigenvalue weighted by Crippen LogP contribution is 2.41. The van der Waals surface area contributed by atoms with Crippen LogP contribution in [0, 0.1) is 17.0 Å². The molecule has 0 spiro atoms. The van der Waals surface area contributed by atoms with E-state index in [0.717, 1.165) is 38.8 Å². The van der Waals surface area contributed by atoms with E-state index in [1.807, 2.05) is 11.8 Å². The Morgan fingerprint density at radius 3 is 2.73 bits per heavy atom. The molecule has 3 aliphatic rings. The number of aliphatic hydroxyl groups is 1. The Morgan fingerprint density at radius 2 is 1.96 bits per heavy atom. The van der Waals surface area contributed by atoms with Crippen molar-refractivity contribution < 1.29 is 28.5 Å². The molecule has 0 unspecified atom stereocenters. The maximum atomic E-state index is 17.0. The molecule has 14 heteroatoms. The van der Waals surface area contributed by atoms with Crippen LogP contribution < -0.4 is 20.3 Å². The van der Waals surface area contributed by atoms with Crippen LogP contribution in [-0.4, -0.2) is 99.7 Å². The molecule has 2 aromatic heterocycles. The molecule has 0 radical (unpaired) electrons. The number of pyridine rings is 1. The molecule has 3 aliphatic heterocycles. The van der Waals surface area contributed by atoms with Gasteiger partial charge in [0, 0.05) is 37.1 Å². The molecule has 0 atom stereocenters. The van der Waals surface area contributed by atoms with Gasteiger partial charge in [-0.15, -0.1) is 0 Å². The Labute approximate surface area is 294 Å². The molecule has 4 aromatic rings. The number of phenols is 1. The van der Waals surface area contributed by atoms with Gasteiger partial charge in [-0.2, -0.15) is 9.97 Å². The second-order valence-corrected chi connectivity index (χ2v) is 13.5. The molecule has 5 N–H and O–H groups in total. The third-order valence-corrected chi connectivity index (χ3v) is 10.3. The summed E-state index contributed by atoms with van der Waals surface area (Å²) in [6, 6.07) is 5.83. The molecule has 0 bridgehead atoms. The summed E-state index contributed by atoms with van der Waals surface area (Å²) in [5, 5.41) is 35.1. The molecule has 12 nitrogen and oxygen atoms in total. The van der Waals surface area contributed by atoms with Gasteiger partial charge in [-0.3, -0.25) is 20.1 Å². The summed E-state index contributed by atoms with van der Waals surface area (Å²) >= 11 is 0. The number of nitrogens with one attached hydrogen (secondary N) is 3. The molecule has 3 fully saturated rings. The van der Waals surface area contributed by atoms with E-state index in [9.17, 15) is 9.90 Å². The van der Waals surface area contributed by atoms with Gasteiger partial charge >= 0.3 is 6.01 Å². The zero-order chi connectivity index (χ0) is 35.7. The van der Waals surface area contributed by atoms with Gasteiger partial charge in [-0.1, -0.05) is 13.0 Å². The lowest BCUT2D eigenvalue weighted by atomic mass is 9.94. The van der Waals surface area contributed by atoms with Crippen LogP contribution in [-0.2, 0) is 11.2 Å². The van der Waals surface area contributed by atoms with Crippen LogP contribution >= 0.6 is 0 Å². The van der Waals surface area contributed by atoms with Crippen LogP contribution in [0.25, 0.3) is 32.9 Å². The largest absolute Gasteiger partial charge is 0.508 e. The van der Waals surface area contributed by atoms with Gasteiger partial charge in [0.05, 0.1) is 24.1 Å². The van der Waals surface area contributed by atoms with Gasteiger partial charge in [-0.25, -0.2) is 8.78 Å². The summed E-state index contributed by atoms with van der Waals surface area (Å²) in [4.78, 5) is 30.8. The number of carbonyl (C=O) groups is 1. The number of benzene rings is 2. The normalized spacial score (nSPS) is 18.2. The Balaban J connectivity index is 1.34. The smallest absolute Gasteiger partial charge is 0.319 e. The number of aliphatic hydroxyl groups excluding tert-OH is 1. The van der Waals surface area contributed by atoms with E-state index >= 15 is 8.78 Å². The fraction of sp³-hybridized carbons (Fsp3) is 0.432. The van der Waals surface area contributed by atoms with Crippen molar-refractivity contribution in [1.82, 2.24) is 30.5 Å². The molecule has 5 heterocycles. The molecule has 3 saturated heterocycles. The van der Waals surface area contributed by atoms with Gasteiger partial charge < -0.3 is 30.5 Å². The summed E-state index contributed by atoms with van der Waals surface area (Å²) in [6.07, 6.45) is 8.12. The zero-order valence-corrected chi connectivity index (χ0v) is 28.6. The third kappa shape index (κ3) is 6.65. The average molecular weight is 701 g/mol. The minimum atomic E-state index is -0.758. The van der Waals surface area contributed by atoms with E-state index in [-0.39, 0.29) is 59.5 Å². The highest BCUT2D eigenvalue weighted by atomic mass is 19.1. The fourth-order valence-electron chi connectivity index (χ4n) is 7.85. The second kappa shape index (κ2) is 14.3. The van der Waals surface area contributed by atoms with E-state index < -0.39 is 17.5 Å². The van der Waals surface area contributed by atoms with Gasteiger partial charge in [0.15, 0.2) is 5.82 Å². The molecular weight excluding hydrogens is 658 g/mol. The number of nitrogens with zero attached hydrogens (tertiary/aromatic N) is 5.